The van der Waals surface area contributed by atoms with Gasteiger partial charge in [0.1, 0.15) is 0 Å². The highest BCUT2D eigenvalue weighted by Gasteiger charge is 2.27. The zero-order valence-corrected chi connectivity index (χ0v) is 16.2. The summed E-state index contributed by atoms with van der Waals surface area (Å²) in [6, 6.07) is 0.128. The first-order chi connectivity index (χ1) is 12.1. The van der Waals surface area contributed by atoms with Crippen LogP contribution in [-0.2, 0) is 11.2 Å². The maximum Gasteiger partial charge on any atom is 0.243 e. The number of piperazine rings is 1. The molecule has 0 spiro atoms. The van der Waals surface area contributed by atoms with Gasteiger partial charge in [-0.05, 0) is 27.2 Å². The summed E-state index contributed by atoms with van der Waals surface area (Å²) in [4.78, 5) is 23.3. The van der Waals surface area contributed by atoms with E-state index >= 15 is 0 Å². The zero-order valence-electron chi connectivity index (χ0n) is 16.2. The zero-order chi connectivity index (χ0) is 18.2. The molecular formula is C18H33N5O2. The van der Waals surface area contributed by atoms with Gasteiger partial charge in [0, 0.05) is 45.7 Å². The van der Waals surface area contributed by atoms with Crippen molar-refractivity contribution in [2.24, 2.45) is 0 Å². The Labute approximate surface area is 151 Å². The second-order valence-corrected chi connectivity index (χ2v) is 6.71. The van der Waals surface area contributed by atoms with Gasteiger partial charge in [0.2, 0.25) is 11.8 Å². The maximum absolute atomic E-state index is 12.2. The highest BCUT2D eigenvalue weighted by molar-refractivity contribution is 5.78. The molecule has 1 aromatic rings. The maximum atomic E-state index is 12.2. The summed E-state index contributed by atoms with van der Waals surface area (Å²) in [5, 5.41) is 4.09. The van der Waals surface area contributed by atoms with Crippen molar-refractivity contribution < 1.29 is 9.32 Å². The fourth-order valence-corrected chi connectivity index (χ4v) is 3.21. The molecule has 142 valence electrons. The third kappa shape index (κ3) is 5.51. The Morgan fingerprint density at radius 3 is 2.48 bits per heavy atom. The average molecular weight is 351 g/mol. The van der Waals surface area contributed by atoms with Gasteiger partial charge in [0.25, 0.3) is 0 Å². The third-order valence-corrected chi connectivity index (χ3v) is 5.02. The number of amides is 1. The molecule has 2 rings (SSSR count). The van der Waals surface area contributed by atoms with Gasteiger partial charge in [0.05, 0.1) is 12.6 Å². The van der Waals surface area contributed by atoms with E-state index in [-0.39, 0.29) is 11.9 Å². The Morgan fingerprint density at radius 1 is 1.20 bits per heavy atom. The second kappa shape index (κ2) is 9.87. The smallest absolute Gasteiger partial charge is 0.243 e. The predicted octanol–water partition coefficient (Wildman–Crippen LogP) is 1.96. The van der Waals surface area contributed by atoms with Crippen LogP contribution in [0, 0.1) is 0 Å². The summed E-state index contributed by atoms with van der Waals surface area (Å²) in [5.41, 5.74) is 0. The van der Waals surface area contributed by atoms with Crippen molar-refractivity contribution in [2.75, 3.05) is 45.8 Å². The molecule has 0 radical (unpaired) electrons. The van der Waals surface area contributed by atoms with Crippen molar-refractivity contribution >= 4 is 5.91 Å². The molecule has 0 N–H and O–H groups in total. The molecule has 0 bridgehead atoms. The molecule has 1 unspecified atom stereocenters. The van der Waals surface area contributed by atoms with Crippen molar-refractivity contribution in [3.63, 3.8) is 0 Å². The Morgan fingerprint density at radius 2 is 1.88 bits per heavy atom. The van der Waals surface area contributed by atoms with Crippen LogP contribution < -0.4 is 0 Å². The van der Waals surface area contributed by atoms with E-state index in [1.54, 1.807) is 0 Å². The van der Waals surface area contributed by atoms with Gasteiger partial charge in [-0.25, -0.2) is 0 Å². The average Bonchev–Trinajstić information content (AvgIpc) is 3.10. The quantitative estimate of drug-likeness (QED) is 0.678. The number of aryl methyl sites for hydroxylation is 1. The fourth-order valence-electron chi connectivity index (χ4n) is 3.21. The largest absolute Gasteiger partial charge is 0.342 e. The first-order valence-corrected chi connectivity index (χ1v) is 9.65. The Kier molecular flexibility index (Phi) is 7.84. The van der Waals surface area contributed by atoms with Crippen LogP contribution in [0.1, 0.15) is 58.3 Å². The van der Waals surface area contributed by atoms with Crippen LogP contribution in [0.15, 0.2) is 4.52 Å². The molecular weight excluding hydrogens is 318 g/mol. The first kappa shape index (κ1) is 19.8. The predicted molar refractivity (Wildman–Crippen MR) is 97.3 cm³/mol. The lowest BCUT2D eigenvalue weighted by Crippen LogP contribution is -2.50. The van der Waals surface area contributed by atoms with E-state index < -0.39 is 0 Å². The van der Waals surface area contributed by atoms with E-state index in [1.807, 2.05) is 18.7 Å². The van der Waals surface area contributed by atoms with Crippen molar-refractivity contribution in [3.05, 3.63) is 11.7 Å². The highest BCUT2D eigenvalue weighted by Crippen LogP contribution is 2.20. The minimum Gasteiger partial charge on any atom is -0.342 e. The van der Waals surface area contributed by atoms with E-state index in [0.717, 1.165) is 64.4 Å². The summed E-state index contributed by atoms with van der Waals surface area (Å²) in [7, 11) is 0. The summed E-state index contributed by atoms with van der Waals surface area (Å²) in [6.07, 6.45) is 3.11. The van der Waals surface area contributed by atoms with Gasteiger partial charge in [-0.3, -0.25) is 14.6 Å². The van der Waals surface area contributed by atoms with Gasteiger partial charge in [-0.1, -0.05) is 18.5 Å². The molecule has 1 amide bonds. The number of aromatic nitrogens is 2. The number of unbranched alkanes of at least 4 members (excludes halogenated alkanes) is 1. The number of hydrogen-bond acceptors (Lipinski definition) is 6. The minimum absolute atomic E-state index is 0.128. The Bertz CT molecular complexity index is 521. The number of nitrogens with zero attached hydrogens (tertiary/aromatic N) is 5. The van der Waals surface area contributed by atoms with Gasteiger partial charge >= 0.3 is 0 Å². The summed E-state index contributed by atoms with van der Waals surface area (Å²) < 4.78 is 5.45. The van der Waals surface area contributed by atoms with Crippen LogP contribution in [0.3, 0.4) is 0 Å². The topological polar surface area (TPSA) is 65.7 Å². The Balaban J connectivity index is 1.81. The molecule has 1 fully saturated rings. The van der Waals surface area contributed by atoms with Crippen LogP contribution in [0.25, 0.3) is 0 Å². The molecule has 7 heteroatoms. The standard InChI is InChI=1S/C18H33N5O2/c1-5-8-9-16-19-18(25-20-16)15(4)23-12-10-21(11-13-23)14-17(24)22(6-2)7-3/h15H,5-14H2,1-4H3. The van der Waals surface area contributed by atoms with Crippen molar-refractivity contribution in [1.82, 2.24) is 24.8 Å². The lowest BCUT2D eigenvalue weighted by molar-refractivity contribution is -0.132. The number of hydrogen-bond donors (Lipinski definition) is 0. The van der Waals surface area contributed by atoms with Crippen LogP contribution >= 0.6 is 0 Å². The van der Waals surface area contributed by atoms with Crippen LogP contribution in [-0.4, -0.2) is 76.6 Å². The summed E-state index contributed by atoms with van der Waals surface area (Å²) in [6.45, 7) is 14.0. The monoisotopic (exact) mass is 351 g/mol. The van der Waals surface area contributed by atoms with Crippen molar-refractivity contribution in [3.8, 4) is 0 Å². The molecule has 1 aromatic heterocycles. The minimum atomic E-state index is 0.128. The lowest BCUT2D eigenvalue weighted by atomic mass is 10.2. The lowest BCUT2D eigenvalue weighted by Gasteiger charge is -2.37. The SMILES string of the molecule is CCCCc1noc(C(C)N2CCN(CC(=O)N(CC)CC)CC2)n1. The molecule has 25 heavy (non-hydrogen) atoms. The summed E-state index contributed by atoms with van der Waals surface area (Å²) in [5.74, 6) is 1.75. The van der Waals surface area contributed by atoms with Gasteiger partial charge < -0.3 is 9.42 Å². The number of rotatable bonds is 9. The van der Waals surface area contributed by atoms with E-state index in [9.17, 15) is 4.79 Å². The highest BCUT2D eigenvalue weighted by atomic mass is 16.5. The molecule has 0 aromatic carbocycles. The van der Waals surface area contributed by atoms with Crippen LogP contribution in [0.4, 0.5) is 0 Å². The molecule has 7 nitrogen and oxygen atoms in total. The second-order valence-electron chi connectivity index (χ2n) is 6.71. The van der Waals surface area contributed by atoms with E-state index in [1.165, 1.54) is 0 Å². The molecule has 1 atom stereocenters. The Hall–Kier alpha value is -1.47. The first-order valence-electron chi connectivity index (χ1n) is 9.65. The third-order valence-electron chi connectivity index (χ3n) is 5.02. The van der Waals surface area contributed by atoms with Crippen molar-refractivity contribution in [1.29, 1.82) is 0 Å². The number of carbonyl (C=O) groups excluding carboxylic acids is 1. The number of likely N-dealkylation sites (N-methyl/N-ethyl adjacent to an activating group) is 1. The molecule has 1 aliphatic rings. The fraction of sp³-hybridized carbons (Fsp3) is 0.833. The van der Waals surface area contributed by atoms with Gasteiger partial charge in [0.15, 0.2) is 5.82 Å². The van der Waals surface area contributed by atoms with Crippen LogP contribution in [0.2, 0.25) is 0 Å². The molecule has 0 saturated carbocycles. The molecule has 1 saturated heterocycles. The van der Waals surface area contributed by atoms with Crippen molar-refractivity contribution in [2.45, 2.75) is 53.0 Å². The normalized spacial score (nSPS) is 17.6. The van der Waals surface area contributed by atoms with E-state index in [0.29, 0.717) is 12.4 Å². The number of carbonyl (C=O) groups is 1. The molecule has 0 aliphatic carbocycles. The van der Waals surface area contributed by atoms with E-state index in [4.69, 9.17) is 4.52 Å². The molecule has 1 aliphatic heterocycles. The van der Waals surface area contributed by atoms with E-state index in [2.05, 4.69) is 33.8 Å². The summed E-state index contributed by atoms with van der Waals surface area (Å²) >= 11 is 0. The molecule has 2 heterocycles. The van der Waals surface area contributed by atoms with Gasteiger partial charge in [-0.15, -0.1) is 0 Å². The van der Waals surface area contributed by atoms with Gasteiger partial charge in [-0.2, -0.15) is 4.98 Å². The van der Waals surface area contributed by atoms with Crippen LogP contribution in [0.5, 0.6) is 0 Å².